The van der Waals surface area contributed by atoms with Crippen LogP contribution in [-0.4, -0.2) is 36.2 Å². The van der Waals surface area contributed by atoms with Crippen molar-refractivity contribution in [1.29, 1.82) is 0 Å². The van der Waals surface area contributed by atoms with Gasteiger partial charge in [0.1, 0.15) is 5.82 Å². The Labute approximate surface area is 118 Å². The van der Waals surface area contributed by atoms with Crippen LogP contribution < -0.4 is 10.2 Å². The number of carbonyl (C=O) groups is 1. The first-order chi connectivity index (χ1) is 9.43. The fourth-order valence-electron chi connectivity index (χ4n) is 2.38. The Kier molecular flexibility index (Phi) is 4.28. The molecule has 0 aromatic heterocycles. The zero-order chi connectivity index (χ0) is 14.8. The van der Waals surface area contributed by atoms with Crippen molar-refractivity contribution >= 4 is 11.6 Å². The monoisotopic (exact) mass is 280 g/mol. The van der Waals surface area contributed by atoms with E-state index in [-0.39, 0.29) is 24.2 Å². The molecule has 1 aliphatic heterocycles. The molecule has 1 saturated heterocycles. The molecule has 0 bridgehead atoms. The first kappa shape index (κ1) is 14.8. The second-order valence-electron chi connectivity index (χ2n) is 5.91. The van der Waals surface area contributed by atoms with Gasteiger partial charge in [-0.1, -0.05) is 12.1 Å². The number of amides is 1. The maximum absolute atomic E-state index is 13.7. The number of hydrogen-bond donors (Lipinski definition) is 2. The summed E-state index contributed by atoms with van der Waals surface area (Å²) >= 11 is 0. The molecule has 1 aromatic carbocycles. The average Bonchev–Trinajstić information content (AvgIpc) is 2.88. The Morgan fingerprint density at radius 1 is 1.50 bits per heavy atom. The first-order valence-corrected chi connectivity index (χ1v) is 6.85. The minimum Gasteiger partial charge on any atom is -0.394 e. The van der Waals surface area contributed by atoms with E-state index in [0.29, 0.717) is 25.2 Å². The highest BCUT2D eigenvalue weighted by atomic mass is 19.1. The van der Waals surface area contributed by atoms with Crippen molar-refractivity contribution in [1.82, 2.24) is 5.32 Å². The van der Waals surface area contributed by atoms with Crippen molar-refractivity contribution < 1.29 is 14.3 Å². The molecule has 4 nitrogen and oxygen atoms in total. The summed E-state index contributed by atoms with van der Waals surface area (Å²) in [6, 6.07) is 6.61. The normalized spacial score (nSPS) is 19.2. The molecule has 110 valence electrons. The maximum atomic E-state index is 13.7. The molecule has 0 unspecified atom stereocenters. The smallest absolute Gasteiger partial charge is 0.225 e. The molecule has 0 aliphatic carbocycles. The van der Waals surface area contributed by atoms with Gasteiger partial charge in [0, 0.05) is 13.1 Å². The minimum atomic E-state index is -0.623. The lowest BCUT2D eigenvalue weighted by atomic mass is 10.0. The highest BCUT2D eigenvalue weighted by Gasteiger charge is 2.32. The third kappa shape index (κ3) is 3.28. The Morgan fingerprint density at radius 3 is 2.85 bits per heavy atom. The molecular formula is C15H21FN2O2. The van der Waals surface area contributed by atoms with Gasteiger partial charge in [0.25, 0.3) is 0 Å². The summed E-state index contributed by atoms with van der Waals surface area (Å²) in [5.74, 6) is -0.507. The van der Waals surface area contributed by atoms with E-state index in [1.165, 1.54) is 6.07 Å². The summed E-state index contributed by atoms with van der Waals surface area (Å²) in [5.41, 5.74) is -0.0769. The topological polar surface area (TPSA) is 52.6 Å². The van der Waals surface area contributed by atoms with Gasteiger partial charge < -0.3 is 15.3 Å². The van der Waals surface area contributed by atoms with E-state index in [2.05, 4.69) is 5.32 Å². The second kappa shape index (κ2) is 5.79. The third-order valence-electron chi connectivity index (χ3n) is 3.61. The number of nitrogens with one attached hydrogen (secondary N) is 1. The maximum Gasteiger partial charge on any atom is 0.225 e. The number of aliphatic hydroxyl groups excluding tert-OH is 1. The molecule has 1 aliphatic rings. The highest BCUT2D eigenvalue weighted by Crippen LogP contribution is 2.26. The van der Waals surface area contributed by atoms with Gasteiger partial charge in [0.15, 0.2) is 0 Å². The molecule has 0 spiro atoms. The lowest BCUT2D eigenvalue weighted by Gasteiger charge is -2.25. The number of nitrogens with zero attached hydrogens (tertiary/aromatic N) is 1. The zero-order valence-corrected chi connectivity index (χ0v) is 11.9. The quantitative estimate of drug-likeness (QED) is 0.879. The first-order valence-electron chi connectivity index (χ1n) is 6.85. The van der Waals surface area contributed by atoms with Crippen LogP contribution in [0.1, 0.15) is 20.3 Å². The predicted octanol–water partition coefficient (Wildman–Crippen LogP) is 1.54. The molecule has 1 aromatic rings. The molecule has 0 saturated carbocycles. The zero-order valence-electron chi connectivity index (χ0n) is 11.9. The summed E-state index contributed by atoms with van der Waals surface area (Å²) < 4.78 is 13.7. The van der Waals surface area contributed by atoms with Crippen molar-refractivity contribution in [2.45, 2.75) is 25.8 Å². The summed E-state index contributed by atoms with van der Waals surface area (Å²) in [7, 11) is 0. The second-order valence-corrected chi connectivity index (χ2v) is 5.91. The summed E-state index contributed by atoms with van der Waals surface area (Å²) in [6.07, 6.45) is 0.696. The predicted molar refractivity (Wildman–Crippen MR) is 76.0 cm³/mol. The average molecular weight is 280 g/mol. The van der Waals surface area contributed by atoms with Crippen LogP contribution in [0.25, 0.3) is 0 Å². The number of carbonyl (C=O) groups excluding carboxylic acids is 1. The van der Waals surface area contributed by atoms with Gasteiger partial charge >= 0.3 is 0 Å². The van der Waals surface area contributed by atoms with E-state index >= 15 is 0 Å². The van der Waals surface area contributed by atoms with Gasteiger partial charge in [-0.2, -0.15) is 0 Å². The molecule has 2 N–H and O–H groups in total. The van der Waals surface area contributed by atoms with Crippen LogP contribution in [0.2, 0.25) is 0 Å². The number of aliphatic hydroxyl groups is 1. The van der Waals surface area contributed by atoms with E-state index in [4.69, 9.17) is 0 Å². The van der Waals surface area contributed by atoms with E-state index in [1.807, 2.05) is 4.90 Å². The third-order valence-corrected chi connectivity index (χ3v) is 3.61. The van der Waals surface area contributed by atoms with Gasteiger partial charge in [-0.05, 0) is 32.4 Å². The van der Waals surface area contributed by atoms with Gasteiger partial charge in [0.2, 0.25) is 5.91 Å². The van der Waals surface area contributed by atoms with Crippen LogP contribution in [0.3, 0.4) is 0 Å². The van der Waals surface area contributed by atoms with Crippen LogP contribution in [0.15, 0.2) is 24.3 Å². The fourth-order valence-corrected chi connectivity index (χ4v) is 2.38. The van der Waals surface area contributed by atoms with Crippen molar-refractivity contribution in [3.8, 4) is 0 Å². The van der Waals surface area contributed by atoms with E-state index < -0.39 is 5.54 Å². The molecule has 1 amide bonds. The van der Waals surface area contributed by atoms with Crippen LogP contribution in [0, 0.1) is 11.7 Å². The van der Waals surface area contributed by atoms with E-state index in [9.17, 15) is 14.3 Å². The van der Waals surface area contributed by atoms with E-state index in [1.54, 1.807) is 32.0 Å². The Bertz CT molecular complexity index is 491. The number of hydrogen-bond acceptors (Lipinski definition) is 3. The number of halogens is 1. The van der Waals surface area contributed by atoms with Gasteiger partial charge in [-0.3, -0.25) is 4.79 Å². The van der Waals surface area contributed by atoms with E-state index in [0.717, 1.165) is 0 Å². The Hall–Kier alpha value is -1.62. The van der Waals surface area contributed by atoms with Gasteiger partial charge in [-0.15, -0.1) is 0 Å². The van der Waals surface area contributed by atoms with Crippen LogP contribution in [0.4, 0.5) is 10.1 Å². The van der Waals surface area contributed by atoms with Crippen LogP contribution >= 0.6 is 0 Å². The fraction of sp³-hybridized carbons (Fsp3) is 0.533. The molecule has 0 radical (unpaired) electrons. The Morgan fingerprint density at radius 2 is 2.20 bits per heavy atom. The summed E-state index contributed by atoms with van der Waals surface area (Å²) in [4.78, 5) is 14.0. The van der Waals surface area contributed by atoms with Gasteiger partial charge in [0.05, 0.1) is 23.8 Å². The Balaban J connectivity index is 1.99. The van der Waals surface area contributed by atoms with Crippen molar-refractivity contribution in [2.24, 2.45) is 5.92 Å². The number of anilines is 1. The largest absolute Gasteiger partial charge is 0.394 e. The number of para-hydroxylation sites is 1. The standard InChI is InChI=1S/C15H21FN2O2/c1-15(2,10-19)17-14(20)11-7-8-18(9-11)13-6-4-3-5-12(13)16/h3-6,11,19H,7-10H2,1-2H3,(H,17,20)/t11-/m0/s1. The number of benzene rings is 1. The lowest BCUT2D eigenvalue weighted by molar-refractivity contribution is -0.126. The minimum absolute atomic E-state index is 0.0807. The number of rotatable bonds is 4. The molecule has 1 atom stereocenters. The molecule has 20 heavy (non-hydrogen) atoms. The molecular weight excluding hydrogens is 259 g/mol. The summed E-state index contributed by atoms with van der Waals surface area (Å²) in [5, 5.41) is 12.0. The molecule has 2 rings (SSSR count). The highest BCUT2D eigenvalue weighted by molar-refractivity contribution is 5.80. The SMILES string of the molecule is CC(C)(CO)NC(=O)[C@H]1CCN(c2ccccc2F)C1. The van der Waals surface area contributed by atoms with Crippen LogP contribution in [0.5, 0.6) is 0 Å². The van der Waals surface area contributed by atoms with Crippen LogP contribution in [-0.2, 0) is 4.79 Å². The van der Waals surface area contributed by atoms with Gasteiger partial charge in [-0.25, -0.2) is 4.39 Å². The molecule has 1 fully saturated rings. The van der Waals surface area contributed by atoms with Crippen molar-refractivity contribution in [3.05, 3.63) is 30.1 Å². The molecule has 5 heteroatoms. The lowest BCUT2D eigenvalue weighted by Crippen LogP contribution is -2.49. The summed E-state index contributed by atoms with van der Waals surface area (Å²) in [6.45, 7) is 4.61. The van der Waals surface area contributed by atoms with Crippen molar-refractivity contribution in [2.75, 3.05) is 24.6 Å². The molecule has 1 heterocycles. The van der Waals surface area contributed by atoms with Crippen molar-refractivity contribution in [3.63, 3.8) is 0 Å².